The summed E-state index contributed by atoms with van der Waals surface area (Å²) in [5.41, 5.74) is -0.679. The van der Waals surface area contributed by atoms with Crippen LogP contribution in [0.5, 0.6) is 5.75 Å². The summed E-state index contributed by atoms with van der Waals surface area (Å²) in [6, 6.07) is 1.99. The Morgan fingerprint density at radius 2 is 2.12 bits per heavy atom. The zero-order valence-corrected chi connectivity index (χ0v) is 8.15. The molecule has 7 heteroatoms. The highest BCUT2D eigenvalue weighted by atomic mass is 19.3. The van der Waals surface area contributed by atoms with E-state index in [-0.39, 0.29) is 23.2 Å². The van der Waals surface area contributed by atoms with Crippen LogP contribution in [0.15, 0.2) is 12.1 Å². The monoisotopic (exact) mass is 231 g/mol. The van der Waals surface area contributed by atoms with E-state index in [1.54, 1.807) is 0 Å². The first-order valence-corrected chi connectivity index (χ1v) is 4.15. The molecule has 1 aromatic rings. The predicted octanol–water partition coefficient (Wildman–Crippen LogP) is 2.32. The second-order valence-corrected chi connectivity index (χ2v) is 2.87. The average molecular weight is 231 g/mol. The Morgan fingerprint density at radius 3 is 2.56 bits per heavy atom. The lowest BCUT2D eigenvalue weighted by atomic mass is 10.1. The van der Waals surface area contributed by atoms with E-state index >= 15 is 0 Å². The van der Waals surface area contributed by atoms with Crippen LogP contribution in [0.1, 0.15) is 15.9 Å². The van der Waals surface area contributed by atoms with Crippen LogP contribution in [0.3, 0.4) is 0 Å². The van der Waals surface area contributed by atoms with Crippen molar-refractivity contribution in [3.63, 3.8) is 0 Å². The van der Waals surface area contributed by atoms with Gasteiger partial charge in [-0.05, 0) is 13.0 Å². The third-order valence-corrected chi connectivity index (χ3v) is 1.97. The first-order chi connectivity index (χ1) is 7.47. The summed E-state index contributed by atoms with van der Waals surface area (Å²) in [6.07, 6.45) is 0.242. The molecule has 86 valence electrons. The maximum atomic E-state index is 12.0. The number of nitro groups is 1. The van der Waals surface area contributed by atoms with Gasteiger partial charge in [0.1, 0.15) is 5.75 Å². The fraction of sp³-hybridized carbons (Fsp3) is 0.222. The highest BCUT2D eigenvalue weighted by Crippen LogP contribution is 2.29. The van der Waals surface area contributed by atoms with E-state index in [0.717, 1.165) is 12.1 Å². The zero-order valence-electron chi connectivity index (χ0n) is 8.15. The van der Waals surface area contributed by atoms with E-state index in [1.807, 2.05) is 0 Å². The molecule has 16 heavy (non-hydrogen) atoms. The number of halogens is 2. The molecular weight excluding hydrogens is 224 g/mol. The van der Waals surface area contributed by atoms with Crippen molar-refractivity contribution < 1.29 is 23.2 Å². The van der Waals surface area contributed by atoms with Gasteiger partial charge in [-0.3, -0.25) is 14.9 Å². The Morgan fingerprint density at radius 1 is 1.50 bits per heavy atom. The van der Waals surface area contributed by atoms with E-state index in [0.29, 0.717) is 0 Å². The van der Waals surface area contributed by atoms with E-state index in [4.69, 9.17) is 0 Å². The van der Waals surface area contributed by atoms with Crippen molar-refractivity contribution in [2.24, 2.45) is 0 Å². The molecule has 0 saturated heterocycles. The number of aldehydes is 1. The number of carbonyl (C=O) groups is 1. The molecule has 0 unspecified atom stereocenters. The van der Waals surface area contributed by atoms with Crippen LogP contribution in [0.25, 0.3) is 0 Å². The first-order valence-electron chi connectivity index (χ1n) is 4.15. The van der Waals surface area contributed by atoms with Crippen molar-refractivity contribution >= 4 is 12.0 Å². The fourth-order valence-electron chi connectivity index (χ4n) is 1.23. The van der Waals surface area contributed by atoms with Crippen molar-refractivity contribution in [1.29, 1.82) is 0 Å². The first kappa shape index (κ1) is 12.0. The summed E-state index contributed by atoms with van der Waals surface area (Å²) in [4.78, 5) is 20.4. The van der Waals surface area contributed by atoms with Gasteiger partial charge in [0.05, 0.1) is 10.5 Å². The molecule has 0 radical (unpaired) electrons. The molecule has 1 aromatic carbocycles. The molecule has 0 atom stereocenters. The van der Waals surface area contributed by atoms with Crippen LogP contribution in [-0.4, -0.2) is 17.8 Å². The van der Waals surface area contributed by atoms with E-state index < -0.39 is 17.2 Å². The zero-order chi connectivity index (χ0) is 12.3. The van der Waals surface area contributed by atoms with Crippen molar-refractivity contribution in [3.05, 3.63) is 33.4 Å². The second-order valence-electron chi connectivity index (χ2n) is 2.87. The summed E-state index contributed by atoms with van der Waals surface area (Å²) >= 11 is 0. The molecule has 0 N–H and O–H groups in total. The van der Waals surface area contributed by atoms with E-state index in [1.165, 1.54) is 6.92 Å². The number of ether oxygens (including phenoxy) is 1. The second kappa shape index (κ2) is 4.65. The highest BCUT2D eigenvalue weighted by Gasteiger charge is 2.19. The number of carbonyl (C=O) groups excluding carboxylic acids is 1. The maximum Gasteiger partial charge on any atom is 0.387 e. The van der Waals surface area contributed by atoms with Gasteiger partial charge in [0.15, 0.2) is 6.29 Å². The van der Waals surface area contributed by atoms with Crippen LogP contribution in [0, 0.1) is 17.0 Å². The minimum absolute atomic E-state index is 0.0181. The Kier molecular flexibility index (Phi) is 3.49. The van der Waals surface area contributed by atoms with Gasteiger partial charge < -0.3 is 4.74 Å². The van der Waals surface area contributed by atoms with Crippen molar-refractivity contribution in [3.8, 4) is 5.75 Å². The number of hydrogen-bond acceptors (Lipinski definition) is 4. The van der Waals surface area contributed by atoms with Crippen LogP contribution >= 0.6 is 0 Å². The van der Waals surface area contributed by atoms with Crippen LogP contribution in [0.2, 0.25) is 0 Å². The molecule has 1 rings (SSSR count). The molecule has 0 heterocycles. The van der Waals surface area contributed by atoms with Crippen LogP contribution in [-0.2, 0) is 0 Å². The van der Waals surface area contributed by atoms with Gasteiger partial charge in [0, 0.05) is 11.6 Å². The van der Waals surface area contributed by atoms with Gasteiger partial charge in [-0.15, -0.1) is 0 Å². The fourth-order valence-corrected chi connectivity index (χ4v) is 1.23. The number of hydrogen-bond donors (Lipinski definition) is 0. The smallest absolute Gasteiger partial charge is 0.387 e. The minimum atomic E-state index is -3.04. The third-order valence-electron chi connectivity index (χ3n) is 1.97. The van der Waals surface area contributed by atoms with Gasteiger partial charge in [-0.25, -0.2) is 0 Å². The number of nitrogens with zero attached hydrogens (tertiary/aromatic N) is 1. The normalized spacial score (nSPS) is 10.2. The standard InChI is InChI=1S/C9H7F2NO4/c1-5-6(4-13)7(12(14)15)2-3-8(5)16-9(10)11/h2-4,9H,1H3. The highest BCUT2D eigenvalue weighted by molar-refractivity contribution is 5.84. The summed E-state index contributed by atoms with van der Waals surface area (Å²) in [6.45, 7) is -1.74. The van der Waals surface area contributed by atoms with Crippen LogP contribution < -0.4 is 4.74 Å². The lowest BCUT2D eigenvalue weighted by Crippen LogP contribution is -2.06. The summed E-state index contributed by atoms with van der Waals surface area (Å²) in [7, 11) is 0. The molecule has 0 aromatic heterocycles. The van der Waals surface area contributed by atoms with Crippen molar-refractivity contribution in [2.45, 2.75) is 13.5 Å². The summed E-state index contributed by atoms with van der Waals surface area (Å²) < 4.78 is 28.0. The summed E-state index contributed by atoms with van der Waals surface area (Å²) in [5, 5.41) is 10.5. The molecule has 0 aliphatic carbocycles. The van der Waals surface area contributed by atoms with Crippen molar-refractivity contribution in [2.75, 3.05) is 0 Å². The van der Waals surface area contributed by atoms with E-state index in [9.17, 15) is 23.7 Å². The molecule has 0 spiro atoms. The predicted molar refractivity (Wildman–Crippen MR) is 49.9 cm³/mol. The molecule has 5 nitrogen and oxygen atoms in total. The summed E-state index contributed by atoms with van der Waals surface area (Å²) in [5.74, 6) is -0.247. The Bertz CT molecular complexity index is 434. The number of rotatable bonds is 4. The van der Waals surface area contributed by atoms with Gasteiger partial charge >= 0.3 is 6.61 Å². The average Bonchev–Trinajstić information content (AvgIpc) is 2.19. The Labute approximate surface area is 88.8 Å². The number of alkyl halides is 2. The lowest BCUT2D eigenvalue weighted by Gasteiger charge is -2.09. The molecule has 0 aliphatic rings. The van der Waals surface area contributed by atoms with Crippen molar-refractivity contribution in [1.82, 2.24) is 0 Å². The number of nitro benzene ring substituents is 1. The maximum absolute atomic E-state index is 12.0. The van der Waals surface area contributed by atoms with Crippen LogP contribution in [0.4, 0.5) is 14.5 Å². The topological polar surface area (TPSA) is 69.4 Å². The SMILES string of the molecule is Cc1c(OC(F)F)ccc([N+](=O)[O-])c1C=O. The quantitative estimate of drug-likeness (QED) is 0.453. The third kappa shape index (κ3) is 2.30. The number of benzene rings is 1. The Hall–Kier alpha value is -2.05. The molecular formula is C9H7F2NO4. The largest absolute Gasteiger partial charge is 0.435 e. The molecule has 0 amide bonds. The van der Waals surface area contributed by atoms with Gasteiger partial charge in [0.25, 0.3) is 5.69 Å². The molecule has 0 fully saturated rings. The molecule has 0 saturated carbocycles. The Balaban J connectivity index is 3.28. The van der Waals surface area contributed by atoms with Gasteiger partial charge in [-0.1, -0.05) is 0 Å². The molecule has 0 bridgehead atoms. The van der Waals surface area contributed by atoms with E-state index in [2.05, 4.69) is 4.74 Å². The van der Waals surface area contributed by atoms with Gasteiger partial charge in [0.2, 0.25) is 0 Å². The minimum Gasteiger partial charge on any atom is -0.435 e. The lowest BCUT2D eigenvalue weighted by molar-refractivity contribution is -0.385. The molecule has 0 aliphatic heterocycles. The van der Waals surface area contributed by atoms with Gasteiger partial charge in [-0.2, -0.15) is 8.78 Å².